The summed E-state index contributed by atoms with van der Waals surface area (Å²) in [5, 5.41) is 3.46. The first-order valence-electron chi connectivity index (χ1n) is 7.60. The average Bonchev–Trinajstić information content (AvgIpc) is 2.53. The zero-order chi connectivity index (χ0) is 15.2. The Kier molecular flexibility index (Phi) is 5.56. The highest BCUT2D eigenvalue weighted by atomic mass is 16.5. The van der Waals surface area contributed by atoms with Gasteiger partial charge in [-0.25, -0.2) is 0 Å². The minimum absolute atomic E-state index is 0.165. The molecule has 1 aliphatic rings. The van der Waals surface area contributed by atoms with E-state index in [1.807, 2.05) is 38.4 Å². The molecule has 0 bridgehead atoms. The second-order valence-electron chi connectivity index (χ2n) is 5.88. The van der Waals surface area contributed by atoms with Crippen molar-refractivity contribution >= 4 is 11.7 Å². The molecule has 2 rings (SSSR count). The zero-order valence-corrected chi connectivity index (χ0v) is 13.1. The molecule has 1 aromatic rings. The number of carbonyl (C=O) groups excluding carboxylic acids is 1. The lowest BCUT2D eigenvalue weighted by atomic mass is 9.99. The largest absolute Gasteiger partial charge is 0.468 e. The van der Waals surface area contributed by atoms with Gasteiger partial charge in [-0.1, -0.05) is 13.8 Å². The lowest BCUT2D eigenvalue weighted by Gasteiger charge is -2.36. The smallest absolute Gasteiger partial charge is 0.323 e. The predicted octanol–water partition coefficient (Wildman–Crippen LogP) is 1.84. The Morgan fingerprint density at radius 1 is 1.33 bits per heavy atom. The van der Waals surface area contributed by atoms with Gasteiger partial charge in [0.1, 0.15) is 6.04 Å². The number of carbonyl (C=O) groups is 1. The van der Waals surface area contributed by atoms with Crippen molar-refractivity contribution in [1.29, 1.82) is 0 Å². The summed E-state index contributed by atoms with van der Waals surface area (Å²) in [4.78, 5) is 18.2. The van der Waals surface area contributed by atoms with Crippen LogP contribution in [0.3, 0.4) is 0 Å². The molecule has 116 valence electrons. The highest BCUT2D eigenvalue weighted by Gasteiger charge is 2.28. The third kappa shape index (κ3) is 4.17. The van der Waals surface area contributed by atoms with Crippen LogP contribution in [0.2, 0.25) is 0 Å². The van der Waals surface area contributed by atoms with Crippen molar-refractivity contribution in [2.24, 2.45) is 5.92 Å². The second-order valence-corrected chi connectivity index (χ2v) is 5.88. The predicted molar refractivity (Wildman–Crippen MR) is 83.2 cm³/mol. The van der Waals surface area contributed by atoms with Crippen LogP contribution in [0.4, 0.5) is 5.69 Å². The van der Waals surface area contributed by atoms with E-state index < -0.39 is 0 Å². The van der Waals surface area contributed by atoms with Crippen molar-refractivity contribution in [3.63, 3.8) is 0 Å². The number of esters is 1. The molecule has 2 heterocycles. The Hall–Kier alpha value is -1.62. The van der Waals surface area contributed by atoms with Gasteiger partial charge in [0.05, 0.1) is 7.11 Å². The van der Waals surface area contributed by atoms with Crippen LogP contribution in [0.1, 0.15) is 26.7 Å². The fraction of sp³-hybridized carbons (Fsp3) is 0.625. The van der Waals surface area contributed by atoms with Crippen molar-refractivity contribution in [2.45, 2.75) is 38.8 Å². The van der Waals surface area contributed by atoms with Crippen molar-refractivity contribution in [1.82, 2.24) is 10.3 Å². The molecule has 0 radical (unpaired) electrons. The van der Waals surface area contributed by atoms with Gasteiger partial charge in [0.2, 0.25) is 0 Å². The first-order valence-corrected chi connectivity index (χ1v) is 7.60. The molecule has 0 aliphatic carbocycles. The van der Waals surface area contributed by atoms with Crippen molar-refractivity contribution in [2.75, 3.05) is 25.1 Å². The van der Waals surface area contributed by atoms with Gasteiger partial charge in [-0.3, -0.25) is 9.78 Å². The summed E-state index contributed by atoms with van der Waals surface area (Å²) >= 11 is 0. The van der Waals surface area contributed by atoms with E-state index in [-0.39, 0.29) is 17.9 Å². The van der Waals surface area contributed by atoms with Crippen LogP contribution in [0.25, 0.3) is 0 Å². The summed E-state index contributed by atoms with van der Waals surface area (Å²) in [5.41, 5.74) is 1.22. The van der Waals surface area contributed by atoms with Gasteiger partial charge < -0.3 is 15.0 Å². The molecule has 0 amide bonds. The monoisotopic (exact) mass is 291 g/mol. The van der Waals surface area contributed by atoms with Gasteiger partial charge in [0, 0.05) is 37.2 Å². The fourth-order valence-corrected chi connectivity index (χ4v) is 2.77. The normalized spacial score (nSPS) is 17.8. The molecule has 1 aromatic heterocycles. The molecule has 1 saturated heterocycles. The van der Waals surface area contributed by atoms with E-state index >= 15 is 0 Å². The van der Waals surface area contributed by atoms with E-state index in [1.165, 1.54) is 12.8 Å². The van der Waals surface area contributed by atoms with E-state index in [9.17, 15) is 4.79 Å². The second kappa shape index (κ2) is 7.41. The van der Waals surface area contributed by atoms with E-state index in [4.69, 9.17) is 4.74 Å². The Bertz CT molecular complexity index is 442. The minimum Gasteiger partial charge on any atom is -0.468 e. The van der Waals surface area contributed by atoms with Crippen molar-refractivity contribution in [3.8, 4) is 0 Å². The molecule has 5 heteroatoms. The van der Waals surface area contributed by atoms with Crippen molar-refractivity contribution in [3.05, 3.63) is 24.5 Å². The summed E-state index contributed by atoms with van der Waals surface area (Å²) in [6, 6.07) is 4.24. The number of methoxy groups -OCH3 is 1. The van der Waals surface area contributed by atoms with Crippen LogP contribution in [-0.2, 0) is 9.53 Å². The highest BCUT2D eigenvalue weighted by molar-refractivity contribution is 5.76. The number of nitrogens with zero attached hydrogens (tertiary/aromatic N) is 2. The van der Waals surface area contributed by atoms with E-state index in [0.29, 0.717) is 6.04 Å². The summed E-state index contributed by atoms with van der Waals surface area (Å²) in [5.74, 6) is 0.0669. The molecule has 1 fully saturated rings. The summed E-state index contributed by atoms with van der Waals surface area (Å²) in [6.45, 7) is 6.07. The van der Waals surface area contributed by atoms with Gasteiger partial charge in [-0.15, -0.1) is 0 Å². The number of hydrogen-bond acceptors (Lipinski definition) is 5. The molecular formula is C16H25N3O2. The summed E-state index contributed by atoms with van der Waals surface area (Å²) in [7, 11) is 1.45. The molecule has 21 heavy (non-hydrogen) atoms. The van der Waals surface area contributed by atoms with Crippen molar-refractivity contribution < 1.29 is 9.53 Å². The maximum Gasteiger partial charge on any atom is 0.323 e. The molecule has 0 aromatic carbocycles. The Balaban J connectivity index is 1.87. The maximum absolute atomic E-state index is 11.8. The summed E-state index contributed by atoms with van der Waals surface area (Å²) in [6.07, 6.45) is 5.71. The molecular weight excluding hydrogens is 266 g/mol. The maximum atomic E-state index is 11.8. The molecule has 1 N–H and O–H groups in total. The topological polar surface area (TPSA) is 54.5 Å². The number of hydrogen-bond donors (Lipinski definition) is 1. The Morgan fingerprint density at radius 2 is 1.95 bits per heavy atom. The Morgan fingerprint density at radius 3 is 2.48 bits per heavy atom. The first-order chi connectivity index (χ1) is 10.1. The quantitative estimate of drug-likeness (QED) is 0.839. The number of ether oxygens (including phenoxy) is 1. The third-order valence-electron chi connectivity index (χ3n) is 4.06. The van der Waals surface area contributed by atoms with Crippen LogP contribution in [0.15, 0.2) is 24.5 Å². The van der Waals surface area contributed by atoms with Gasteiger partial charge in [-0.2, -0.15) is 0 Å². The third-order valence-corrected chi connectivity index (χ3v) is 4.06. The number of nitrogens with one attached hydrogen (secondary N) is 1. The SMILES string of the molecule is COC(=O)[C@@H](NC1CCN(c2ccncc2)CC1)C(C)C. The van der Waals surface area contributed by atoms with E-state index in [1.54, 1.807) is 0 Å². The zero-order valence-electron chi connectivity index (χ0n) is 13.1. The van der Waals surface area contributed by atoms with Gasteiger partial charge in [-0.05, 0) is 30.9 Å². The Labute approximate surface area is 126 Å². The number of anilines is 1. The summed E-state index contributed by atoms with van der Waals surface area (Å²) < 4.78 is 4.89. The number of pyridine rings is 1. The van der Waals surface area contributed by atoms with Crippen LogP contribution < -0.4 is 10.2 Å². The molecule has 0 saturated carbocycles. The van der Waals surface area contributed by atoms with E-state index in [2.05, 4.69) is 15.2 Å². The molecule has 5 nitrogen and oxygen atoms in total. The molecule has 1 aliphatic heterocycles. The number of piperidine rings is 1. The highest BCUT2D eigenvalue weighted by Crippen LogP contribution is 2.20. The molecule has 0 spiro atoms. The van der Waals surface area contributed by atoms with Crippen LogP contribution in [-0.4, -0.2) is 43.2 Å². The van der Waals surface area contributed by atoms with Gasteiger partial charge in [0.15, 0.2) is 0 Å². The number of rotatable bonds is 5. The first kappa shape index (κ1) is 15.8. The fourth-order valence-electron chi connectivity index (χ4n) is 2.77. The van der Waals surface area contributed by atoms with Gasteiger partial charge >= 0.3 is 5.97 Å². The van der Waals surface area contributed by atoms with Gasteiger partial charge in [0.25, 0.3) is 0 Å². The minimum atomic E-state index is -0.215. The van der Waals surface area contributed by atoms with Crippen LogP contribution in [0, 0.1) is 5.92 Å². The van der Waals surface area contributed by atoms with Crippen LogP contribution in [0.5, 0.6) is 0 Å². The molecule has 0 unspecified atom stereocenters. The molecule has 1 atom stereocenters. The standard InChI is InChI=1S/C16H25N3O2/c1-12(2)15(16(20)21-3)18-13-6-10-19(11-7-13)14-4-8-17-9-5-14/h4-5,8-9,12-13,15,18H,6-7,10-11H2,1-3H3/t15-/m0/s1. The lowest BCUT2D eigenvalue weighted by molar-refractivity contribution is -0.144. The van der Waals surface area contributed by atoms with Crippen LogP contribution >= 0.6 is 0 Å². The lowest BCUT2D eigenvalue weighted by Crippen LogP contribution is -2.51. The average molecular weight is 291 g/mol. The van der Waals surface area contributed by atoms with E-state index in [0.717, 1.165) is 25.9 Å². The number of aromatic nitrogens is 1.